The second-order valence-electron chi connectivity index (χ2n) is 6.18. The van der Waals surface area contributed by atoms with Crippen LogP contribution < -0.4 is 10.6 Å². The third-order valence-electron chi connectivity index (χ3n) is 4.21. The van der Waals surface area contributed by atoms with E-state index in [2.05, 4.69) is 25.8 Å². The molecule has 1 aromatic rings. The van der Waals surface area contributed by atoms with Gasteiger partial charge in [0.25, 0.3) is 0 Å². The van der Waals surface area contributed by atoms with E-state index >= 15 is 0 Å². The van der Waals surface area contributed by atoms with Crippen molar-refractivity contribution in [2.75, 3.05) is 39.8 Å². The lowest BCUT2D eigenvalue weighted by Crippen LogP contribution is -2.41. The molecule has 2 rings (SSSR count). The first kappa shape index (κ1) is 22.9. The fraction of sp³-hybridized carbons (Fsp3) is 0.800. The Morgan fingerprint density at radius 1 is 1.38 bits per heavy atom. The van der Waals surface area contributed by atoms with Crippen LogP contribution in [0, 0.1) is 5.92 Å². The molecule has 1 aromatic heterocycles. The number of rotatable bonds is 7. The van der Waals surface area contributed by atoms with E-state index in [1.54, 1.807) is 13.4 Å². The molecule has 0 radical (unpaired) electrons. The van der Waals surface area contributed by atoms with Crippen LogP contribution in [0.1, 0.15) is 19.2 Å². The van der Waals surface area contributed by atoms with Crippen molar-refractivity contribution in [2.45, 2.75) is 32.5 Å². The summed E-state index contributed by atoms with van der Waals surface area (Å²) >= 11 is 0. The van der Waals surface area contributed by atoms with Gasteiger partial charge in [0, 0.05) is 39.6 Å². The minimum Gasteiger partial charge on any atom is -0.356 e. The highest BCUT2D eigenvalue weighted by atomic mass is 127. The Labute approximate surface area is 168 Å². The maximum absolute atomic E-state index is 12.4. The van der Waals surface area contributed by atoms with Crippen LogP contribution in [0.3, 0.4) is 0 Å². The van der Waals surface area contributed by atoms with Crippen molar-refractivity contribution in [2.24, 2.45) is 10.9 Å². The smallest absolute Gasteiger partial charge is 0.356 e. The number of halogens is 4. The van der Waals surface area contributed by atoms with Gasteiger partial charge in [0.2, 0.25) is 0 Å². The van der Waals surface area contributed by atoms with Crippen LogP contribution in [-0.2, 0) is 13.0 Å². The van der Waals surface area contributed by atoms with Gasteiger partial charge in [0.15, 0.2) is 5.96 Å². The molecule has 1 aliphatic heterocycles. The second kappa shape index (κ2) is 10.9. The monoisotopic (exact) mass is 489 g/mol. The summed E-state index contributed by atoms with van der Waals surface area (Å²) in [6.07, 6.45) is -0.840. The topological polar surface area (TPSA) is 70.4 Å². The van der Waals surface area contributed by atoms with Crippen molar-refractivity contribution in [3.05, 3.63) is 12.2 Å². The van der Waals surface area contributed by atoms with Crippen LogP contribution in [-0.4, -0.2) is 71.6 Å². The molecule has 1 aliphatic rings. The van der Waals surface area contributed by atoms with E-state index in [4.69, 9.17) is 0 Å². The lowest BCUT2D eigenvalue weighted by Gasteiger charge is -2.18. The molecule has 26 heavy (non-hydrogen) atoms. The predicted octanol–water partition coefficient (Wildman–Crippen LogP) is 1.51. The van der Waals surface area contributed by atoms with Crippen LogP contribution in [0.4, 0.5) is 13.2 Å². The molecule has 0 bridgehead atoms. The predicted molar refractivity (Wildman–Crippen MR) is 105 cm³/mol. The van der Waals surface area contributed by atoms with Gasteiger partial charge in [-0.25, -0.2) is 0 Å². The van der Waals surface area contributed by atoms with Crippen LogP contribution in [0.2, 0.25) is 0 Å². The average Bonchev–Trinajstić information content (AvgIpc) is 3.18. The van der Waals surface area contributed by atoms with Crippen molar-refractivity contribution in [1.29, 1.82) is 0 Å². The standard InChI is InChI=1S/C15H26F3N7.HI/c1-3-13-23-22-11-25(13)7-5-20-14(19-2)21-8-12-4-6-24(9-12)10-15(16,17)18;/h11-12H,3-10H2,1-2H3,(H2,19,20,21);1H. The van der Waals surface area contributed by atoms with Crippen LogP contribution >= 0.6 is 24.0 Å². The molecule has 1 atom stereocenters. The molecule has 150 valence electrons. The van der Waals surface area contributed by atoms with Gasteiger partial charge in [-0.3, -0.25) is 9.89 Å². The van der Waals surface area contributed by atoms with Crippen molar-refractivity contribution in [1.82, 2.24) is 30.3 Å². The van der Waals surface area contributed by atoms with Gasteiger partial charge in [-0.15, -0.1) is 34.2 Å². The molecule has 0 aliphatic carbocycles. The number of nitrogens with zero attached hydrogens (tertiary/aromatic N) is 5. The quantitative estimate of drug-likeness (QED) is 0.346. The molecule has 1 unspecified atom stereocenters. The first-order chi connectivity index (χ1) is 11.9. The van der Waals surface area contributed by atoms with E-state index in [0.29, 0.717) is 32.1 Å². The fourth-order valence-electron chi connectivity index (χ4n) is 2.97. The normalized spacial score (nSPS) is 18.7. The summed E-state index contributed by atoms with van der Waals surface area (Å²) in [5.41, 5.74) is 0. The molecule has 0 amide bonds. The van der Waals surface area contributed by atoms with E-state index in [1.165, 1.54) is 4.90 Å². The molecule has 2 heterocycles. The van der Waals surface area contributed by atoms with Crippen molar-refractivity contribution in [3.8, 4) is 0 Å². The lowest BCUT2D eigenvalue weighted by atomic mass is 10.1. The van der Waals surface area contributed by atoms with E-state index in [-0.39, 0.29) is 29.9 Å². The Morgan fingerprint density at radius 2 is 2.15 bits per heavy atom. The van der Waals surface area contributed by atoms with Gasteiger partial charge in [0.1, 0.15) is 12.2 Å². The summed E-state index contributed by atoms with van der Waals surface area (Å²) in [4.78, 5) is 5.61. The zero-order valence-electron chi connectivity index (χ0n) is 15.1. The number of alkyl halides is 3. The molecule has 1 saturated heterocycles. The SMILES string of the molecule is CCc1nncn1CCNC(=NC)NCC1CCN(CC(F)(F)F)C1.I. The van der Waals surface area contributed by atoms with Crippen LogP contribution in [0.15, 0.2) is 11.3 Å². The van der Waals surface area contributed by atoms with Gasteiger partial charge < -0.3 is 15.2 Å². The summed E-state index contributed by atoms with van der Waals surface area (Å²) in [6, 6.07) is 0. The number of nitrogens with one attached hydrogen (secondary N) is 2. The molecular weight excluding hydrogens is 462 g/mol. The fourth-order valence-corrected chi connectivity index (χ4v) is 2.97. The summed E-state index contributed by atoms with van der Waals surface area (Å²) in [5.74, 6) is 1.78. The van der Waals surface area contributed by atoms with E-state index in [0.717, 1.165) is 25.2 Å². The Kier molecular flexibility index (Phi) is 9.61. The molecule has 1 fully saturated rings. The molecule has 11 heteroatoms. The Bertz CT molecular complexity index is 562. The average molecular weight is 489 g/mol. The number of hydrogen-bond donors (Lipinski definition) is 2. The highest BCUT2D eigenvalue weighted by Crippen LogP contribution is 2.22. The number of aromatic nitrogens is 3. The summed E-state index contributed by atoms with van der Waals surface area (Å²) < 4.78 is 39.2. The van der Waals surface area contributed by atoms with Gasteiger partial charge >= 0.3 is 6.18 Å². The van der Waals surface area contributed by atoms with Gasteiger partial charge in [-0.05, 0) is 18.9 Å². The molecule has 0 spiro atoms. The Morgan fingerprint density at radius 3 is 2.81 bits per heavy atom. The molecule has 0 aromatic carbocycles. The van der Waals surface area contributed by atoms with Gasteiger partial charge in [-0.2, -0.15) is 13.2 Å². The second-order valence-corrected chi connectivity index (χ2v) is 6.18. The minimum absolute atomic E-state index is 0. The minimum atomic E-state index is -4.13. The number of aryl methyl sites for hydroxylation is 1. The molecule has 0 saturated carbocycles. The maximum Gasteiger partial charge on any atom is 0.401 e. The van der Waals surface area contributed by atoms with E-state index in [1.807, 2.05) is 11.5 Å². The number of aliphatic imine (C=N–C) groups is 1. The Hall–Kier alpha value is -1.11. The number of guanidine groups is 1. The van der Waals surface area contributed by atoms with Crippen molar-refractivity contribution < 1.29 is 13.2 Å². The lowest BCUT2D eigenvalue weighted by molar-refractivity contribution is -0.143. The zero-order chi connectivity index (χ0) is 18.3. The van der Waals surface area contributed by atoms with E-state index in [9.17, 15) is 13.2 Å². The number of hydrogen-bond acceptors (Lipinski definition) is 4. The molecule has 2 N–H and O–H groups in total. The van der Waals surface area contributed by atoms with Crippen LogP contribution in [0.25, 0.3) is 0 Å². The third-order valence-corrected chi connectivity index (χ3v) is 4.21. The highest BCUT2D eigenvalue weighted by molar-refractivity contribution is 14.0. The summed E-state index contributed by atoms with van der Waals surface area (Å²) in [6.45, 7) is 4.15. The Balaban J connectivity index is 0.00000338. The van der Waals surface area contributed by atoms with Gasteiger partial charge in [0.05, 0.1) is 6.54 Å². The van der Waals surface area contributed by atoms with E-state index < -0.39 is 12.7 Å². The summed E-state index contributed by atoms with van der Waals surface area (Å²) in [7, 11) is 1.68. The highest BCUT2D eigenvalue weighted by Gasteiger charge is 2.34. The van der Waals surface area contributed by atoms with Crippen molar-refractivity contribution >= 4 is 29.9 Å². The maximum atomic E-state index is 12.4. The first-order valence-corrected chi connectivity index (χ1v) is 8.51. The third kappa shape index (κ3) is 7.64. The molecular formula is C15H27F3IN7. The van der Waals surface area contributed by atoms with Gasteiger partial charge in [-0.1, -0.05) is 6.92 Å². The molecule has 7 nitrogen and oxygen atoms in total. The number of likely N-dealkylation sites (tertiary alicyclic amines) is 1. The van der Waals surface area contributed by atoms with Crippen molar-refractivity contribution in [3.63, 3.8) is 0 Å². The zero-order valence-corrected chi connectivity index (χ0v) is 17.4. The summed E-state index contributed by atoms with van der Waals surface area (Å²) in [5, 5.41) is 14.3. The first-order valence-electron chi connectivity index (χ1n) is 8.51. The largest absolute Gasteiger partial charge is 0.401 e. The van der Waals surface area contributed by atoms with Crippen LogP contribution in [0.5, 0.6) is 0 Å².